The number of hydrogen-bond acceptors (Lipinski definition) is 3. The van der Waals surface area contributed by atoms with Crippen LogP contribution in [0.5, 0.6) is 0 Å². The molecule has 0 spiro atoms. The third-order valence-electron chi connectivity index (χ3n) is 5.33. The summed E-state index contributed by atoms with van der Waals surface area (Å²) >= 11 is 1.76. The lowest BCUT2D eigenvalue weighted by Gasteiger charge is -2.34. The van der Waals surface area contributed by atoms with Crippen LogP contribution in [0.2, 0.25) is 0 Å². The van der Waals surface area contributed by atoms with Crippen molar-refractivity contribution < 1.29 is 0 Å². The number of nitrogens with zero attached hydrogens (tertiary/aromatic N) is 2. The van der Waals surface area contributed by atoms with Gasteiger partial charge in [0, 0.05) is 21.9 Å². The van der Waals surface area contributed by atoms with Crippen LogP contribution in [-0.2, 0) is 0 Å². The highest BCUT2D eigenvalue weighted by atomic mass is 32.2. The van der Waals surface area contributed by atoms with Crippen LogP contribution < -0.4 is 0 Å². The first-order valence-corrected chi connectivity index (χ1v) is 9.69. The molecule has 2 heterocycles. The zero-order valence-electron chi connectivity index (χ0n) is 13.8. The molecule has 2 aliphatic heterocycles. The van der Waals surface area contributed by atoms with Crippen molar-refractivity contribution in [1.29, 1.82) is 5.26 Å². The molecule has 2 aromatic carbocycles. The minimum Gasteiger partial charge on any atom is -0.293 e. The number of piperidine rings is 1. The molecule has 0 aliphatic carbocycles. The largest absolute Gasteiger partial charge is 0.293 e. The normalized spacial score (nSPS) is 23.6. The fraction of sp³-hybridized carbons (Fsp3) is 0.381. The van der Waals surface area contributed by atoms with Crippen molar-refractivity contribution >= 4 is 11.8 Å². The lowest BCUT2D eigenvalue weighted by atomic mass is 10.0. The molecular weight excluding hydrogens is 312 g/mol. The van der Waals surface area contributed by atoms with Gasteiger partial charge in [-0.05, 0) is 74.2 Å². The molecule has 4 rings (SSSR count). The first-order valence-electron chi connectivity index (χ1n) is 8.87. The van der Waals surface area contributed by atoms with Crippen LogP contribution >= 0.6 is 11.8 Å². The van der Waals surface area contributed by atoms with Crippen molar-refractivity contribution in [3.8, 4) is 6.07 Å². The van der Waals surface area contributed by atoms with Crippen molar-refractivity contribution in [3.05, 3.63) is 59.7 Å². The summed E-state index contributed by atoms with van der Waals surface area (Å²) < 4.78 is 0. The number of rotatable bonds is 3. The van der Waals surface area contributed by atoms with E-state index in [4.69, 9.17) is 5.26 Å². The Hall–Kier alpha value is -1.76. The molecule has 122 valence electrons. The second kappa shape index (κ2) is 7.01. The van der Waals surface area contributed by atoms with Crippen LogP contribution in [-0.4, -0.2) is 17.5 Å². The summed E-state index contributed by atoms with van der Waals surface area (Å²) in [5.41, 5.74) is 2.19. The predicted octanol–water partition coefficient (Wildman–Crippen LogP) is 5.40. The number of nitriles is 1. The zero-order valence-corrected chi connectivity index (χ0v) is 14.6. The quantitative estimate of drug-likeness (QED) is 0.752. The van der Waals surface area contributed by atoms with Crippen molar-refractivity contribution in [1.82, 2.24) is 4.90 Å². The van der Waals surface area contributed by atoms with E-state index in [0.29, 0.717) is 11.6 Å². The van der Waals surface area contributed by atoms with Gasteiger partial charge in [-0.3, -0.25) is 4.90 Å². The van der Waals surface area contributed by atoms with Gasteiger partial charge in [0.15, 0.2) is 0 Å². The van der Waals surface area contributed by atoms with Gasteiger partial charge in [-0.2, -0.15) is 5.26 Å². The lowest BCUT2D eigenvalue weighted by molar-refractivity contribution is 0.150. The fourth-order valence-corrected chi connectivity index (χ4v) is 4.93. The van der Waals surface area contributed by atoms with E-state index in [-0.39, 0.29) is 0 Å². The maximum absolute atomic E-state index is 8.87. The molecule has 24 heavy (non-hydrogen) atoms. The van der Waals surface area contributed by atoms with Gasteiger partial charge in [0.2, 0.25) is 0 Å². The first-order chi connectivity index (χ1) is 11.8. The van der Waals surface area contributed by atoms with E-state index in [1.807, 2.05) is 24.3 Å². The third-order valence-corrected chi connectivity index (χ3v) is 6.35. The van der Waals surface area contributed by atoms with Gasteiger partial charge in [0.05, 0.1) is 11.6 Å². The van der Waals surface area contributed by atoms with Crippen LogP contribution in [0.4, 0.5) is 0 Å². The van der Waals surface area contributed by atoms with E-state index >= 15 is 0 Å². The third kappa shape index (κ3) is 3.22. The Balaban J connectivity index is 1.45. The Bertz CT molecular complexity index is 730. The van der Waals surface area contributed by atoms with Gasteiger partial charge in [-0.25, -0.2) is 0 Å². The monoisotopic (exact) mass is 334 g/mol. The molecule has 0 saturated carbocycles. The van der Waals surface area contributed by atoms with E-state index in [0.717, 1.165) is 6.04 Å². The summed E-state index contributed by atoms with van der Waals surface area (Å²) in [6.45, 7) is 1.27. The van der Waals surface area contributed by atoms with E-state index in [1.165, 1.54) is 54.0 Å². The summed E-state index contributed by atoms with van der Waals surface area (Å²) in [6, 6.07) is 20.5. The molecule has 2 aromatic rings. The van der Waals surface area contributed by atoms with Gasteiger partial charge in [0.1, 0.15) is 0 Å². The first kappa shape index (κ1) is 15.7. The molecule has 2 fully saturated rings. The van der Waals surface area contributed by atoms with Crippen LogP contribution in [0.3, 0.4) is 0 Å². The molecule has 0 radical (unpaired) electrons. The topological polar surface area (TPSA) is 27.0 Å². The summed E-state index contributed by atoms with van der Waals surface area (Å²) in [5, 5.41) is 8.87. The Morgan fingerprint density at radius 2 is 1.58 bits per heavy atom. The van der Waals surface area contributed by atoms with E-state index < -0.39 is 0 Å². The standard InChI is InChI=1S/C21H22N2S/c22-15-16-4-9-19(10-5-16)24-20-11-6-17(7-12-20)21-13-8-18-3-1-2-14-23(18)21/h4-7,9-12,18,21H,1-3,8,13-14H2. The van der Waals surface area contributed by atoms with E-state index in [9.17, 15) is 0 Å². The smallest absolute Gasteiger partial charge is 0.0991 e. The molecule has 3 heteroatoms. The maximum atomic E-state index is 8.87. The second-order valence-electron chi connectivity index (χ2n) is 6.79. The summed E-state index contributed by atoms with van der Waals surface area (Å²) in [5.74, 6) is 0. The average Bonchev–Trinajstić information content (AvgIpc) is 3.07. The Kier molecular flexibility index (Phi) is 4.60. The van der Waals surface area contributed by atoms with Crippen molar-refractivity contribution in [2.24, 2.45) is 0 Å². The van der Waals surface area contributed by atoms with Gasteiger partial charge in [0.25, 0.3) is 0 Å². The Labute approximate surface area is 148 Å². The summed E-state index contributed by atoms with van der Waals surface area (Å²) in [4.78, 5) is 5.18. The van der Waals surface area contributed by atoms with Crippen LogP contribution in [0, 0.1) is 11.3 Å². The number of benzene rings is 2. The molecule has 0 N–H and O–H groups in total. The van der Waals surface area contributed by atoms with Crippen molar-refractivity contribution in [3.63, 3.8) is 0 Å². The summed E-state index contributed by atoms with van der Waals surface area (Å²) in [7, 11) is 0. The molecule has 0 aromatic heterocycles. The molecule has 2 unspecified atom stereocenters. The van der Waals surface area contributed by atoms with Crippen molar-refractivity contribution in [2.75, 3.05) is 6.54 Å². The lowest BCUT2D eigenvalue weighted by Crippen LogP contribution is -2.35. The van der Waals surface area contributed by atoms with Gasteiger partial charge >= 0.3 is 0 Å². The van der Waals surface area contributed by atoms with Crippen molar-refractivity contribution in [2.45, 2.75) is 54.0 Å². The minimum absolute atomic E-state index is 0.629. The van der Waals surface area contributed by atoms with E-state index in [2.05, 4.69) is 35.2 Å². The number of hydrogen-bond donors (Lipinski definition) is 0. The second-order valence-corrected chi connectivity index (χ2v) is 7.93. The minimum atomic E-state index is 0.629. The van der Waals surface area contributed by atoms with Crippen LogP contribution in [0.25, 0.3) is 0 Å². The molecule has 2 atom stereocenters. The zero-order chi connectivity index (χ0) is 16.4. The molecule has 2 aliphatic rings. The average molecular weight is 334 g/mol. The molecule has 0 amide bonds. The SMILES string of the molecule is N#Cc1ccc(Sc2ccc(C3CCC4CCCCN43)cc2)cc1. The highest BCUT2D eigenvalue weighted by molar-refractivity contribution is 7.99. The Morgan fingerprint density at radius 3 is 2.29 bits per heavy atom. The van der Waals surface area contributed by atoms with Crippen LogP contribution in [0.15, 0.2) is 58.3 Å². The van der Waals surface area contributed by atoms with Crippen LogP contribution in [0.1, 0.15) is 49.3 Å². The highest BCUT2D eigenvalue weighted by Crippen LogP contribution is 2.40. The van der Waals surface area contributed by atoms with E-state index in [1.54, 1.807) is 11.8 Å². The van der Waals surface area contributed by atoms with Gasteiger partial charge in [-0.15, -0.1) is 0 Å². The van der Waals surface area contributed by atoms with Gasteiger partial charge in [-0.1, -0.05) is 30.3 Å². The maximum Gasteiger partial charge on any atom is 0.0991 e. The molecule has 0 bridgehead atoms. The molecular formula is C21H22N2S. The summed E-state index contributed by atoms with van der Waals surface area (Å²) in [6.07, 6.45) is 6.84. The highest BCUT2D eigenvalue weighted by Gasteiger charge is 2.35. The predicted molar refractivity (Wildman–Crippen MR) is 98.0 cm³/mol. The van der Waals surface area contributed by atoms with Gasteiger partial charge < -0.3 is 0 Å². The Morgan fingerprint density at radius 1 is 0.875 bits per heavy atom. The number of fused-ring (bicyclic) bond motifs is 1. The molecule has 2 nitrogen and oxygen atoms in total. The fourth-order valence-electron chi connectivity index (χ4n) is 4.11. The molecule has 2 saturated heterocycles.